The van der Waals surface area contributed by atoms with Gasteiger partial charge in [-0.15, -0.1) is 0 Å². The minimum atomic E-state index is -0.431. The number of ether oxygens (including phenoxy) is 1. The van der Waals surface area contributed by atoms with Gasteiger partial charge in [0.05, 0.1) is 11.8 Å². The highest BCUT2D eigenvalue weighted by atomic mass is 19.1. The van der Waals surface area contributed by atoms with Gasteiger partial charge in [-0.05, 0) is 31.0 Å². The van der Waals surface area contributed by atoms with Gasteiger partial charge in [-0.2, -0.15) is 0 Å². The molecular weight excluding hydrogens is 235 g/mol. The van der Waals surface area contributed by atoms with E-state index in [1.54, 1.807) is 19.2 Å². The Morgan fingerprint density at radius 2 is 2.17 bits per heavy atom. The SMILES string of the molecule is COC1CC(Nc2ccc(F)c(NC(C)=O)c2)C1. The second kappa shape index (κ2) is 5.35. The Morgan fingerprint density at radius 3 is 2.78 bits per heavy atom. The van der Waals surface area contributed by atoms with Crippen molar-refractivity contribution < 1.29 is 13.9 Å². The summed E-state index contributed by atoms with van der Waals surface area (Å²) in [6, 6.07) is 4.98. The molecule has 1 saturated carbocycles. The van der Waals surface area contributed by atoms with Crippen molar-refractivity contribution >= 4 is 17.3 Å². The number of nitrogens with one attached hydrogen (secondary N) is 2. The second-order valence-corrected chi connectivity index (χ2v) is 4.55. The number of hydrogen-bond donors (Lipinski definition) is 2. The molecule has 0 atom stereocenters. The lowest BCUT2D eigenvalue weighted by molar-refractivity contribution is -0.114. The van der Waals surface area contributed by atoms with Crippen molar-refractivity contribution in [1.82, 2.24) is 0 Å². The van der Waals surface area contributed by atoms with Crippen molar-refractivity contribution in [3.63, 3.8) is 0 Å². The van der Waals surface area contributed by atoms with Crippen LogP contribution < -0.4 is 10.6 Å². The van der Waals surface area contributed by atoms with Gasteiger partial charge in [0.2, 0.25) is 5.91 Å². The third kappa shape index (κ3) is 2.98. The van der Waals surface area contributed by atoms with E-state index >= 15 is 0 Å². The lowest BCUT2D eigenvalue weighted by Crippen LogP contribution is -2.40. The smallest absolute Gasteiger partial charge is 0.221 e. The maximum atomic E-state index is 13.4. The van der Waals surface area contributed by atoms with Crippen LogP contribution in [0.4, 0.5) is 15.8 Å². The zero-order valence-electron chi connectivity index (χ0n) is 10.5. The average Bonchev–Trinajstić information content (AvgIpc) is 2.26. The molecule has 2 rings (SSSR count). The van der Waals surface area contributed by atoms with Crippen molar-refractivity contribution in [1.29, 1.82) is 0 Å². The lowest BCUT2D eigenvalue weighted by Gasteiger charge is -2.35. The number of methoxy groups -OCH3 is 1. The van der Waals surface area contributed by atoms with Gasteiger partial charge < -0.3 is 15.4 Å². The van der Waals surface area contributed by atoms with Crippen LogP contribution in [-0.2, 0) is 9.53 Å². The lowest BCUT2D eigenvalue weighted by atomic mass is 9.89. The van der Waals surface area contributed by atoms with Crippen molar-refractivity contribution in [3.8, 4) is 0 Å². The van der Waals surface area contributed by atoms with E-state index in [0.29, 0.717) is 12.1 Å². The Kier molecular flexibility index (Phi) is 3.81. The van der Waals surface area contributed by atoms with Crippen molar-refractivity contribution in [2.45, 2.75) is 31.9 Å². The normalized spacial score (nSPS) is 22.2. The van der Waals surface area contributed by atoms with Crippen LogP contribution in [0.3, 0.4) is 0 Å². The highest BCUT2D eigenvalue weighted by Gasteiger charge is 2.28. The molecule has 98 valence electrons. The molecular formula is C13H17FN2O2. The second-order valence-electron chi connectivity index (χ2n) is 4.55. The number of halogens is 1. The molecule has 1 aliphatic carbocycles. The molecule has 18 heavy (non-hydrogen) atoms. The molecule has 4 nitrogen and oxygen atoms in total. The van der Waals surface area contributed by atoms with Gasteiger partial charge in [-0.3, -0.25) is 4.79 Å². The molecule has 1 aromatic carbocycles. The molecule has 0 unspecified atom stereocenters. The first-order chi connectivity index (χ1) is 8.58. The molecule has 0 aromatic heterocycles. The number of amides is 1. The first kappa shape index (κ1) is 12.8. The molecule has 1 aromatic rings. The summed E-state index contributed by atoms with van der Waals surface area (Å²) in [7, 11) is 1.70. The third-order valence-electron chi connectivity index (χ3n) is 3.08. The Bertz CT molecular complexity index is 445. The van der Waals surface area contributed by atoms with E-state index in [1.807, 2.05) is 0 Å². The third-order valence-corrected chi connectivity index (χ3v) is 3.08. The van der Waals surface area contributed by atoms with Gasteiger partial charge >= 0.3 is 0 Å². The van der Waals surface area contributed by atoms with E-state index < -0.39 is 5.82 Å². The van der Waals surface area contributed by atoms with Crippen LogP contribution in [-0.4, -0.2) is 25.2 Å². The van der Waals surface area contributed by atoms with E-state index in [0.717, 1.165) is 18.5 Å². The maximum absolute atomic E-state index is 13.4. The van der Waals surface area contributed by atoms with Crippen LogP contribution in [0.25, 0.3) is 0 Å². The molecule has 0 saturated heterocycles. The van der Waals surface area contributed by atoms with Crippen LogP contribution in [0.15, 0.2) is 18.2 Å². The molecule has 1 aliphatic rings. The fourth-order valence-electron chi connectivity index (χ4n) is 2.01. The number of hydrogen-bond acceptors (Lipinski definition) is 3. The molecule has 1 fully saturated rings. The van der Waals surface area contributed by atoms with Gasteiger partial charge in [0, 0.05) is 25.8 Å². The molecule has 2 N–H and O–H groups in total. The number of carbonyl (C=O) groups is 1. The number of carbonyl (C=O) groups excluding carboxylic acids is 1. The number of rotatable bonds is 4. The van der Waals surface area contributed by atoms with Gasteiger partial charge in [-0.1, -0.05) is 0 Å². The Hall–Kier alpha value is -1.62. The van der Waals surface area contributed by atoms with Crippen LogP contribution in [0.5, 0.6) is 0 Å². The summed E-state index contributed by atoms with van der Waals surface area (Å²) >= 11 is 0. The fourth-order valence-corrected chi connectivity index (χ4v) is 2.01. The molecule has 5 heteroatoms. The summed E-state index contributed by atoms with van der Waals surface area (Å²) in [4.78, 5) is 10.9. The minimum Gasteiger partial charge on any atom is -0.382 e. The Labute approximate surface area is 106 Å². The Balaban J connectivity index is 1.99. The summed E-state index contributed by atoms with van der Waals surface area (Å²) in [6.07, 6.45) is 2.21. The monoisotopic (exact) mass is 252 g/mol. The average molecular weight is 252 g/mol. The standard InChI is InChI=1S/C13H17FN2O2/c1-8(17)15-13-7-9(3-4-12(13)14)16-10-5-11(6-10)18-2/h3-4,7,10-11,16H,5-6H2,1-2H3,(H,15,17). The van der Waals surface area contributed by atoms with E-state index in [1.165, 1.54) is 13.0 Å². The summed E-state index contributed by atoms with van der Waals surface area (Å²) in [5.41, 5.74) is 1.01. The van der Waals surface area contributed by atoms with Crippen molar-refractivity contribution in [3.05, 3.63) is 24.0 Å². The first-order valence-electron chi connectivity index (χ1n) is 5.95. The highest BCUT2D eigenvalue weighted by Crippen LogP contribution is 2.28. The minimum absolute atomic E-state index is 0.204. The summed E-state index contributed by atoms with van der Waals surface area (Å²) in [6.45, 7) is 1.36. The maximum Gasteiger partial charge on any atom is 0.221 e. The molecule has 0 spiro atoms. The van der Waals surface area contributed by atoms with Gasteiger partial charge in [0.15, 0.2) is 0 Å². The molecule has 0 heterocycles. The molecule has 0 aliphatic heterocycles. The van der Waals surface area contributed by atoms with E-state index in [2.05, 4.69) is 10.6 Å². The summed E-state index contributed by atoms with van der Waals surface area (Å²) in [5, 5.41) is 5.75. The zero-order chi connectivity index (χ0) is 13.1. The number of benzene rings is 1. The fraction of sp³-hybridized carbons (Fsp3) is 0.462. The van der Waals surface area contributed by atoms with Gasteiger partial charge in [-0.25, -0.2) is 4.39 Å². The molecule has 1 amide bonds. The van der Waals surface area contributed by atoms with Gasteiger partial charge in [0.1, 0.15) is 5.82 Å². The van der Waals surface area contributed by atoms with Crippen LogP contribution in [0.1, 0.15) is 19.8 Å². The summed E-state index contributed by atoms with van der Waals surface area (Å²) in [5.74, 6) is -0.715. The number of anilines is 2. The predicted octanol–water partition coefficient (Wildman–Crippen LogP) is 2.37. The zero-order valence-corrected chi connectivity index (χ0v) is 10.5. The van der Waals surface area contributed by atoms with E-state index in [-0.39, 0.29) is 11.6 Å². The van der Waals surface area contributed by atoms with Crippen LogP contribution in [0, 0.1) is 5.82 Å². The summed E-state index contributed by atoms with van der Waals surface area (Å²) < 4.78 is 18.6. The predicted molar refractivity (Wildman–Crippen MR) is 68.1 cm³/mol. The van der Waals surface area contributed by atoms with E-state index in [4.69, 9.17) is 4.74 Å². The van der Waals surface area contributed by atoms with Gasteiger partial charge in [0.25, 0.3) is 0 Å². The van der Waals surface area contributed by atoms with Crippen molar-refractivity contribution in [2.75, 3.05) is 17.7 Å². The topological polar surface area (TPSA) is 50.4 Å². The largest absolute Gasteiger partial charge is 0.382 e. The molecule has 0 radical (unpaired) electrons. The quantitative estimate of drug-likeness (QED) is 0.865. The molecule has 0 bridgehead atoms. The van der Waals surface area contributed by atoms with Crippen LogP contribution in [0.2, 0.25) is 0 Å². The first-order valence-corrected chi connectivity index (χ1v) is 5.95. The van der Waals surface area contributed by atoms with Crippen LogP contribution >= 0.6 is 0 Å². The Morgan fingerprint density at radius 1 is 1.44 bits per heavy atom. The van der Waals surface area contributed by atoms with E-state index in [9.17, 15) is 9.18 Å². The highest BCUT2D eigenvalue weighted by molar-refractivity contribution is 5.89. The van der Waals surface area contributed by atoms with Crippen molar-refractivity contribution in [2.24, 2.45) is 0 Å².